The van der Waals surface area contributed by atoms with E-state index in [9.17, 15) is 4.79 Å². The van der Waals surface area contributed by atoms with Crippen LogP contribution in [0.2, 0.25) is 0 Å². The Balaban J connectivity index is 1.52. The third-order valence-corrected chi connectivity index (χ3v) is 5.36. The van der Waals surface area contributed by atoms with E-state index in [0.29, 0.717) is 29.4 Å². The van der Waals surface area contributed by atoms with E-state index >= 15 is 0 Å². The zero-order valence-corrected chi connectivity index (χ0v) is 16.3. The van der Waals surface area contributed by atoms with Crippen molar-refractivity contribution in [2.75, 3.05) is 41.1 Å². The lowest BCUT2D eigenvalue weighted by Gasteiger charge is -2.35. The smallest absolute Gasteiger partial charge is 0.251 e. The summed E-state index contributed by atoms with van der Waals surface area (Å²) in [6.45, 7) is 1.59. The van der Waals surface area contributed by atoms with Gasteiger partial charge < -0.3 is 24.3 Å². The van der Waals surface area contributed by atoms with Crippen molar-refractivity contribution >= 4 is 5.91 Å². The zero-order chi connectivity index (χ0) is 19.7. The summed E-state index contributed by atoms with van der Waals surface area (Å²) in [5.74, 6) is 2.56. The first-order valence-electron chi connectivity index (χ1n) is 9.23. The number of amides is 1. The first-order chi connectivity index (χ1) is 13.6. The molecule has 0 bridgehead atoms. The van der Waals surface area contributed by atoms with Crippen molar-refractivity contribution in [1.29, 1.82) is 0 Å². The predicted octanol–water partition coefficient (Wildman–Crippen LogP) is 2.39. The molecular formula is C21H24N2O5. The molecule has 0 unspecified atom stereocenters. The van der Waals surface area contributed by atoms with Crippen molar-refractivity contribution < 1.29 is 23.7 Å². The second kappa shape index (κ2) is 7.59. The van der Waals surface area contributed by atoms with Gasteiger partial charge in [0, 0.05) is 18.7 Å². The fourth-order valence-electron chi connectivity index (χ4n) is 3.75. The summed E-state index contributed by atoms with van der Waals surface area (Å²) in [6.07, 6.45) is 0.929. The van der Waals surface area contributed by atoms with Gasteiger partial charge in [0.1, 0.15) is 0 Å². The van der Waals surface area contributed by atoms with Gasteiger partial charge in [0.25, 0.3) is 5.91 Å². The molecule has 4 rings (SSSR count). The molecule has 1 atom stereocenters. The van der Waals surface area contributed by atoms with Gasteiger partial charge in [0.15, 0.2) is 23.0 Å². The SMILES string of the molecule is COc1cc2c(cc1OC)[C@H](CNC(=O)c1ccc3c(c1)OCO3)N(C)CC2. The van der Waals surface area contributed by atoms with Gasteiger partial charge in [0.2, 0.25) is 6.79 Å². The molecule has 0 fully saturated rings. The van der Waals surface area contributed by atoms with E-state index in [0.717, 1.165) is 24.3 Å². The standard InChI is InChI=1S/C21H24N2O5/c1-23-7-6-13-8-18(25-2)19(26-3)10-15(13)16(23)11-22-21(24)14-4-5-17-20(9-14)28-12-27-17/h4-5,8-10,16H,6-7,11-12H2,1-3H3,(H,22,24)/t16-/m0/s1. The first kappa shape index (κ1) is 18.4. The van der Waals surface area contributed by atoms with Gasteiger partial charge in [-0.25, -0.2) is 0 Å². The van der Waals surface area contributed by atoms with Crippen molar-refractivity contribution in [2.24, 2.45) is 0 Å². The summed E-state index contributed by atoms with van der Waals surface area (Å²) in [4.78, 5) is 14.9. The second-order valence-electron chi connectivity index (χ2n) is 6.93. The summed E-state index contributed by atoms with van der Waals surface area (Å²) in [5, 5.41) is 3.05. The lowest BCUT2D eigenvalue weighted by atomic mass is 9.92. The number of hydrogen-bond donors (Lipinski definition) is 1. The fourth-order valence-corrected chi connectivity index (χ4v) is 3.75. The highest BCUT2D eigenvalue weighted by Gasteiger charge is 2.27. The van der Waals surface area contributed by atoms with E-state index in [4.69, 9.17) is 18.9 Å². The van der Waals surface area contributed by atoms with Crippen LogP contribution in [-0.4, -0.2) is 52.0 Å². The number of rotatable bonds is 5. The van der Waals surface area contributed by atoms with E-state index in [2.05, 4.69) is 17.3 Å². The van der Waals surface area contributed by atoms with Crippen LogP contribution in [0.5, 0.6) is 23.0 Å². The summed E-state index contributed by atoms with van der Waals surface area (Å²) in [5.41, 5.74) is 2.92. The maximum absolute atomic E-state index is 12.7. The molecule has 1 amide bonds. The van der Waals surface area contributed by atoms with Crippen molar-refractivity contribution in [3.63, 3.8) is 0 Å². The minimum Gasteiger partial charge on any atom is -0.493 e. The van der Waals surface area contributed by atoms with Gasteiger partial charge in [-0.1, -0.05) is 0 Å². The molecule has 2 aliphatic heterocycles. The Hall–Kier alpha value is -2.93. The number of ether oxygens (including phenoxy) is 4. The van der Waals surface area contributed by atoms with E-state index in [1.807, 2.05) is 12.1 Å². The van der Waals surface area contributed by atoms with Crippen LogP contribution in [0.3, 0.4) is 0 Å². The molecule has 2 aromatic rings. The minimum absolute atomic E-state index is 0.0570. The van der Waals surface area contributed by atoms with Crippen LogP contribution in [0.15, 0.2) is 30.3 Å². The lowest BCUT2D eigenvalue weighted by molar-refractivity contribution is 0.0936. The molecule has 2 aliphatic rings. The van der Waals surface area contributed by atoms with Crippen LogP contribution >= 0.6 is 0 Å². The molecule has 148 valence electrons. The van der Waals surface area contributed by atoms with Crippen molar-refractivity contribution in [3.05, 3.63) is 47.0 Å². The molecule has 0 radical (unpaired) electrons. The maximum Gasteiger partial charge on any atom is 0.251 e. The average molecular weight is 384 g/mol. The maximum atomic E-state index is 12.7. The number of likely N-dealkylation sites (N-methyl/N-ethyl adjacent to an activating group) is 1. The minimum atomic E-state index is -0.140. The van der Waals surface area contributed by atoms with Crippen LogP contribution in [0.25, 0.3) is 0 Å². The van der Waals surface area contributed by atoms with Crippen LogP contribution < -0.4 is 24.3 Å². The summed E-state index contributed by atoms with van der Waals surface area (Å²) >= 11 is 0. The molecule has 7 heteroatoms. The van der Waals surface area contributed by atoms with Gasteiger partial charge >= 0.3 is 0 Å². The Bertz CT molecular complexity index is 899. The normalized spacial score (nSPS) is 17.8. The van der Waals surface area contributed by atoms with Crippen molar-refractivity contribution in [2.45, 2.75) is 12.5 Å². The van der Waals surface area contributed by atoms with Gasteiger partial charge in [0.05, 0.1) is 20.3 Å². The Morgan fingerprint density at radius 3 is 2.68 bits per heavy atom. The van der Waals surface area contributed by atoms with Crippen LogP contribution in [-0.2, 0) is 6.42 Å². The number of benzene rings is 2. The summed E-state index contributed by atoms with van der Waals surface area (Å²) in [6, 6.07) is 9.33. The summed E-state index contributed by atoms with van der Waals surface area (Å²) in [7, 11) is 5.34. The quantitative estimate of drug-likeness (QED) is 0.854. The third-order valence-electron chi connectivity index (χ3n) is 5.36. The Labute approximate surface area is 164 Å². The van der Waals surface area contributed by atoms with Crippen LogP contribution in [0.1, 0.15) is 27.5 Å². The van der Waals surface area contributed by atoms with Crippen molar-refractivity contribution in [1.82, 2.24) is 10.2 Å². The average Bonchev–Trinajstić information content (AvgIpc) is 3.19. The van der Waals surface area contributed by atoms with E-state index in [1.54, 1.807) is 32.4 Å². The number of methoxy groups -OCH3 is 2. The Kier molecular flexibility index (Phi) is 5.00. The molecule has 0 spiro atoms. The molecule has 7 nitrogen and oxygen atoms in total. The molecule has 28 heavy (non-hydrogen) atoms. The van der Waals surface area contributed by atoms with Gasteiger partial charge in [-0.05, 0) is 54.9 Å². The highest BCUT2D eigenvalue weighted by atomic mass is 16.7. The molecular weight excluding hydrogens is 360 g/mol. The highest BCUT2D eigenvalue weighted by molar-refractivity contribution is 5.95. The molecule has 2 heterocycles. The fraction of sp³-hybridized carbons (Fsp3) is 0.381. The summed E-state index contributed by atoms with van der Waals surface area (Å²) < 4.78 is 21.6. The Morgan fingerprint density at radius 2 is 1.89 bits per heavy atom. The number of nitrogens with one attached hydrogen (secondary N) is 1. The van der Waals surface area contributed by atoms with Crippen LogP contribution in [0, 0.1) is 0 Å². The second-order valence-corrected chi connectivity index (χ2v) is 6.93. The highest BCUT2D eigenvalue weighted by Crippen LogP contribution is 2.37. The molecule has 0 saturated carbocycles. The topological polar surface area (TPSA) is 69.3 Å². The Morgan fingerprint density at radius 1 is 1.14 bits per heavy atom. The third kappa shape index (κ3) is 3.33. The number of carbonyl (C=O) groups excluding carboxylic acids is 1. The predicted molar refractivity (Wildman–Crippen MR) is 104 cm³/mol. The zero-order valence-electron chi connectivity index (χ0n) is 16.3. The molecule has 0 aliphatic carbocycles. The lowest BCUT2D eigenvalue weighted by Crippen LogP contribution is -2.40. The van der Waals surface area contributed by atoms with Gasteiger partial charge in [-0.3, -0.25) is 9.69 Å². The number of nitrogens with zero attached hydrogens (tertiary/aromatic N) is 1. The van der Waals surface area contributed by atoms with Gasteiger partial charge in [-0.2, -0.15) is 0 Å². The van der Waals surface area contributed by atoms with Crippen LogP contribution in [0.4, 0.5) is 0 Å². The molecule has 1 N–H and O–H groups in total. The monoisotopic (exact) mass is 384 g/mol. The van der Waals surface area contributed by atoms with E-state index < -0.39 is 0 Å². The molecule has 0 aromatic heterocycles. The largest absolute Gasteiger partial charge is 0.493 e. The molecule has 0 saturated heterocycles. The first-order valence-corrected chi connectivity index (χ1v) is 9.23. The van der Waals surface area contributed by atoms with E-state index in [-0.39, 0.29) is 18.7 Å². The van der Waals surface area contributed by atoms with E-state index in [1.165, 1.54) is 5.56 Å². The van der Waals surface area contributed by atoms with Gasteiger partial charge in [-0.15, -0.1) is 0 Å². The number of carbonyl (C=O) groups is 1. The number of fused-ring (bicyclic) bond motifs is 2. The van der Waals surface area contributed by atoms with Crippen molar-refractivity contribution in [3.8, 4) is 23.0 Å². The molecule has 2 aromatic carbocycles. The number of hydrogen-bond acceptors (Lipinski definition) is 6.